The first-order valence-electron chi connectivity index (χ1n) is 5.46. The lowest BCUT2D eigenvalue weighted by Gasteiger charge is -2.34. The van der Waals surface area contributed by atoms with Gasteiger partial charge in [-0.05, 0) is 13.1 Å². The lowest BCUT2D eigenvalue weighted by molar-refractivity contribution is -0.384. The number of hydrogen-bond donors (Lipinski definition) is 0. The molecule has 0 aliphatic carbocycles. The summed E-state index contributed by atoms with van der Waals surface area (Å²) >= 11 is 6.08. The molecule has 0 bridgehead atoms. The number of halogens is 1. The molecule has 1 aliphatic rings. The Kier molecular flexibility index (Phi) is 3.49. The average molecular weight is 256 g/mol. The van der Waals surface area contributed by atoms with Crippen LogP contribution in [0, 0.1) is 10.1 Å². The topological polar surface area (TPSA) is 49.6 Å². The highest BCUT2D eigenvalue weighted by molar-refractivity contribution is 6.35. The second-order valence-electron chi connectivity index (χ2n) is 4.16. The molecule has 5 nitrogen and oxygen atoms in total. The highest BCUT2D eigenvalue weighted by Crippen LogP contribution is 2.34. The van der Waals surface area contributed by atoms with Crippen LogP contribution in [0.15, 0.2) is 18.2 Å². The summed E-state index contributed by atoms with van der Waals surface area (Å²) in [5, 5.41) is 11.0. The molecule has 92 valence electrons. The fourth-order valence-electron chi connectivity index (χ4n) is 1.94. The van der Waals surface area contributed by atoms with Gasteiger partial charge in [-0.1, -0.05) is 17.7 Å². The van der Waals surface area contributed by atoms with Crippen molar-refractivity contribution in [1.82, 2.24) is 4.90 Å². The maximum absolute atomic E-state index is 10.8. The molecule has 1 aromatic rings. The Hall–Kier alpha value is -1.33. The SMILES string of the molecule is CN1CCN(c2cccc([N+](=O)[O-])c2Cl)CC1. The van der Waals surface area contributed by atoms with E-state index in [0.717, 1.165) is 31.9 Å². The van der Waals surface area contributed by atoms with Crippen molar-refractivity contribution < 1.29 is 4.92 Å². The fourth-order valence-corrected chi connectivity index (χ4v) is 2.26. The molecule has 1 aromatic carbocycles. The van der Waals surface area contributed by atoms with Crippen LogP contribution in [0.25, 0.3) is 0 Å². The van der Waals surface area contributed by atoms with Crippen LogP contribution in [0.1, 0.15) is 0 Å². The van der Waals surface area contributed by atoms with Gasteiger partial charge in [-0.3, -0.25) is 10.1 Å². The molecule has 0 unspecified atom stereocenters. The predicted octanol–water partition coefficient (Wildman–Crippen LogP) is 2.00. The van der Waals surface area contributed by atoms with Gasteiger partial charge in [0, 0.05) is 32.2 Å². The molecular weight excluding hydrogens is 242 g/mol. The number of nitro groups is 1. The second-order valence-corrected chi connectivity index (χ2v) is 4.54. The molecule has 0 saturated carbocycles. The van der Waals surface area contributed by atoms with E-state index in [0.29, 0.717) is 0 Å². The normalized spacial score (nSPS) is 17.2. The number of hydrogen-bond acceptors (Lipinski definition) is 4. The quantitative estimate of drug-likeness (QED) is 0.599. The smallest absolute Gasteiger partial charge is 0.290 e. The highest BCUT2D eigenvalue weighted by atomic mass is 35.5. The van der Waals surface area contributed by atoms with Crippen molar-refractivity contribution in [3.63, 3.8) is 0 Å². The maximum Gasteiger partial charge on any atom is 0.290 e. The minimum atomic E-state index is -0.443. The third-order valence-electron chi connectivity index (χ3n) is 3.00. The number of piperazine rings is 1. The van der Waals surface area contributed by atoms with Gasteiger partial charge in [-0.25, -0.2) is 0 Å². The zero-order chi connectivity index (χ0) is 12.4. The molecule has 0 atom stereocenters. The molecule has 0 spiro atoms. The Morgan fingerprint density at radius 3 is 2.53 bits per heavy atom. The van der Waals surface area contributed by atoms with E-state index in [-0.39, 0.29) is 10.7 Å². The summed E-state index contributed by atoms with van der Waals surface area (Å²) in [6.07, 6.45) is 0. The molecule has 1 fully saturated rings. The summed E-state index contributed by atoms with van der Waals surface area (Å²) in [5.74, 6) is 0. The van der Waals surface area contributed by atoms with Crippen LogP contribution in [0.4, 0.5) is 11.4 Å². The van der Waals surface area contributed by atoms with E-state index in [9.17, 15) is 10.1 Å². The van der Waals surface area contributed by atoms with Crippen molar-refractivity contribution in [3.8, 4) is 0 Å². The van der Waals surface area contributed by atoms with Crippen LogP contribution in [0.3, 0.4) is 0 Å². The summed E-state index contributed by atoms with van der Waals surface area (Å²) in [4.78, 5) is 14.7. The van der Waals surface area contributed by atoms with Crippen LogP contribution >= 0.6 is 11.6 Å². The maximum atomic E-state index is 10.8. The summed E-state index contributed by atoms with van der Waals surface area (Å²) in [5.41, 5.74) is 0.733. The summed E-state index contributed by atoms with van der Waals surface area (Å²) < 4.78 is 0. The summed E-state index contributed by atoms with van der Waals surface area (Å²) in [7, 11) is 2.06. The van der Waals surface area contributed by atoms with E-state index in [1.807, 2.05) is 6.07 Å². The minimum Gasteiger partial charge on any atom is -0.368 e. The van der Waals surface area contributed by atoms with Crippen LogP contribution in [-0.2, 0) is 0 Å². The number of benzene rings is 1. The lowest BCUT2D eigenvalue weighted by Crippen LogP contribution is -2.44. The molecule has 1 saturated heterocycles. The first kappa shape index (κ1) is 12.1. The van der Waals surface area contributed by atoms with E-state index >= 15 is 0 Å². The minimum absolute atomic E-state index is 0.0249. The highest BCUT2D eigenvalue weighted by Gasteiger charge is 2.21. The molecule has 1 aliphatic heterocycles. The van der Waals surface area contributed by atoms with E-state index in [4.69, 9.17) is 11.6 Å². The van der Waals surface area contributed by atoms with Crippen LogP contribution in [0.2, 0.25) is 5.02 Å². The summed E-state index contributed by atoms with van der Waals surface area (Å²) in [6, 6.07) is 4.94. The van der Waals surface area contributed by atoms with E-state index in [2.05, 4.69) is 16.8 Å². The molecular formula is C11H14ClN3O2. The van der Waals surface area contributed by atoms with Gasteiger partial charge in [-0.2, -0.15) is 0 Å². The fraction of sp³-hybridized carbons (Fsp3) is 0.455. The van der Waals surface area contributed by atoms with E-state index in [1.165, 1.54) is 6.07 Å². The third kappa shape index (κ3) is 2.50. The Labute approximate surface area is 105 Å². The van der Waals surface area contributed by atoms with Crippen LogP contribution < -0.4 is 4.90 Å². The average Bonchev–Trinajstić information content (AvgIpc) is 2.30. The van der Waals surface area contributed by atoms with Crippen molar-refractivity contribution in [2.75, 3.05) is 38.1 Å². The zero-order valence-electron chi connectivity index (χ0n) is 9.60. The predicted molar refractivity (Wildman–Crippen MR) is 67.8 cm³/mol. The van der Waals surface area contributed by atoms with Crippen molar-refractivity contribution >= 4 is 23.0 Å². The number of rotatable bonds is 2. The number of anilines is 1. The van der Waals surface area contributed by atoms with Gasteiger partial charge in [0.1, 0.15) is 5.02 Å². The number of nitro benzene ring substituents is 1. The molecule has 0 N–H and O–H groups in total. The lowest BCUT2D eigenvalue weighted by atomic mass is 10.2. The van der Waals surface area contributed by atoms with Gasteiger partial charge in [0.2, 0.25) is 0 Å². The van der Waals surface area contributed by atoms with Crippen LogP contribution in [0.5, 0.6) is 0 Å². The third-order valence-corrected chi connectivity index (χ3v) is 3.39. The van der Waals surface area contributed by atoms with Gasteiger partial charge in [0.15, 0.2) is 0 Å². The molecule has 0 radical (unpaired) electrons. The second kappa shape index (κ2) is 4.89. The Bertz CT molecular complexity index is 431. The Morgan fingerprint density at radius 1 is 1.29 bits per heavy atom. The molecule has 1 heterocycles. The van der Waals surface area contributed by atoms with Gasteiger partial charge >= 0.3 is 0 Å². The molecule has 17 heavy (non-hydrogen) atoms. The largest absolute Gasteiger partial charge is 0.368 e. The van der Waals surface area contributed by atoms with Crippen molar-refractivity contribution in [2.45, 2.75) is 0 Å². The zero-order valence-corrected chi connectivity index (χ0v) is 10.4. The summed E-state index contributed by atoms with van der Waals surface area (Å²) in [6.45, 7) is 3.58. The monoisotopic (exact) mass is 255 g/mol. The van der Waals surface area contributed by atoms with Crippen LogP contribution in [-0.4, -0.2) is 43.0 Å². The Balaban J connectivity index is 2.27. The molecule has 0 amide bonds. The van der Waals surface area contributed by atoms with Gasteiger partial charge < -0.3 is 9.80 Å². The Morgan fingerprint density at radius 2 is 1.94 bits per heavy atom. The molecule has 6 heteroatoms. The van der Waals surface area contributed by atoms with Crippen molar-refractivity contribution in [2.24, 2.45) is 0 Å². The van der Waals surface area contributed by atoms with Crippen molar-refractivity contribution in [1.29, 1.82) is 0 Å². The molecule has 2 rings (SSSR count). The van der Waals surface area contributed by atoms with E-state index < -0.39 is 4.92 Å². The first-order valence-corrected chi connectivity index (χ1v) is 5.84. The number of likely N-dealkylation sites (N-methyl/N-ethyl adjacent to an activating group) is 1. The van der Waals surface area contributed by atoms with Gasteiger partial charge in [-0.15, -0.1) is 0 Å². The standard InChI is InChI=1S/C11H14ClN3O2/c1-13-5-7-14(8-6-13)9-3-2-4-10(11(9)12)15(16)17/h2-4H,5-8H2,1H3. The van der Waals surface area contributed by atoms with E-state index in [1.54, 1.807) is 6.07 Å². The van der Waals surface area contributed by atoms with Gasteiger partial charge in [0.25, 0.3) is 5.69 Å². The first-order chi connectivity index (χ1) is 8.09. The number of nitrogens with zero attached hydrogens (tertiary/aromatic N) is 3. The van der Waals surface area contributed by atoms with Crippen molar-refractivity contribution in [3.05, 3.63) is 33.3 Å². The molecule has 0 aromatic heterocycles. The van der Waals surface area contributed by atoms with Gasteiger partial charge in [0.05, 0.1) is 10.6 Å².